The first-order valence-electron chi connectivity index (χ1n) is 6.55. The summed E-state index contributed by atoms with van der Waals surface area (Å²) in [4.78, 5) is 0. The molecule has 2 nitrogen and oxygen atoms in total. The molecule has 1 fully saturated rings. The van der Waals surface area contributed by atoms with Crippen molar-refractivity contribution in [2.24, 2.45) is 0 Å². The second-order valence-corrected chi connectivity index (χ2v) is 6.01. The summed E-state index contributed by atoms with van der Waals surface area (Å²) in [5.74, 6) is 0. The van der Waals surface area contributed by atoms with Gasteiger partial charge in [0.2, 0.25) is 0 Å². The Labute approximate surface area is 124 Å². The van der Waals surface area contributed by atoms with E-state index >= 15 is 0 Å². The molecular formula is C14H17BrF3NO. The predicted octanol–water partition coefficient (Wildman–Crippen LogP) is 4.84. The highest BCUT2D eigenvalue weighted by atomic mass is 79.9. The number of alkyl halides is 3. The molecule has 1 aromatic rings. The lowest BCUT2D eigenvalue weighted by molar-refractivity contribution is -0.137. The normalized spacial score (nSPS) is 23.6. The van der Waals surface area contributed by atoms with Crippen LogP contribution in [0.15, 0.2) is 22.7 Å². The van der Waals surface area contributed by atoms with Crippen LogP contribution in [0, 0.1) is 0 Å². The molecule has 0 radical (unpaired) electrons. The van der Waals surface area contributed by atoms with E-state index in [1.165, 1.54) is 0 Å². The number of nitrogens with one attached hydrogen (secondary N) is 1. The van der Waals surface area contributed by atoms with Crippen LogP contribution in [0.3, 0.4) is 0 Å². The lowest BCUT2D eigenvalue weighted by Crippen LogP contribution is -2.31. The van der Waals surface area contributed by atoms with Crippen LogP contribution in [0.1, 0.15) is 31.2 Å². The van der Waals surface area contributed by atoms with Gasteiger partial charge in [-0.3, -0.25) is 0 Å². The Balaban J connectivity index is 2.11. The van der Waals surface area contributed by atoms with Gasteiger partial charge in [-0.05, 0) is 43.9 Å². The fourth-order valence-corrected chi connectivity index (χ4v) is 3.06. The summed E-state index contributed by atoms with van der Waals surface area (Å²) in [5.41, 5.74) is -0.151. The first kappa shape index (κ1) is 15.6. The van der Waals surface area contributed by atoms with Gasteiger partial charge in [-0.2, -0.15) is 13.2 Å². The smallest absolute Gasteiger partial charge is 0.382 e. The minimum absolute atomic E-state index is 0.157. The number of ether oxygens (including phenoxy) is 1. The van der Waals surface area contributed by atoms with Gasteiger partial charge in [-0.15, -0.1) is 0 Å². The highest BCUT2D eigenvalue weighted by molar-refractivity contribution is 9.10. The molecule has 20 heavy (non-hydrogen) atoms. The van der Waals surface area contributed by atoms with E-state index in [0.29, 0.717) is 10.2 Å². The second kappa shape index (κ2) is 6.35. The van der Waals surface area contributed by atoms with Crippen LogP contribution >= 0.6 is 15.9 Å². The molecule has 0 amide bonds. The number of anilines is 1. The third kappa shape index (κ3) is 4.12. The summed E-state index contributed by atoms with van der Waals surface area (Å²) in [6.45, 7) is 0. The van der Waals surface area contributed by atoms with Crippen molar-refractivity contribution in [1.29, 1.82) is 0 Å². The van der Waals surface area contributed by atoms with Crippen molar-refractivity contribution in [1.82, 2.24) is 0 Å². The molecule has 0 saturated heterocycles. The Morgan fingerprint density at radius 1 is 1.25 bits per heavy atom. The van der Waals surface area contributed by atoms with Gasteiger partial charge in [0, 0.05) is 23.3 Å². The summed E-state index contributed by atoms with van der Waals surface area (Å²) in [7, 11) is 1.67. The van der Waals surface area contributed by atoms with Crippen LogP contribution in [0.2, 0.25) is 0 Å². The van der Waals surface area contributed by atoms with E-state index in [2.05, 4.69) is 21.2 Å². The Bertz CT molecular complexity index is 464. The Kier molecular flexibility index (Phi) is 4.96. The van der Waals surface area contributed by atoms with E-state index < -0.39 is 11.7 Å². The molecule has 1 N–H and O–H groups in total. The van der Waals surface area contributed by atoms with Gasteiger partial charge in [0.1, 0.15) is 0 Å². The highest BCUT2D eigenvalue weighted by Crippen LogP contribution is 2.34. The van der Waals surface area contributed by atoms with Gasteiger partial charge in [0.15, 0.2) is 0 Å². The van der Waals surface area contributed by atoms with E-state index in [9.17, 15) is 13.2 Å². The van der Waals surface area contributed by atoms with E-state index in [1.807, 2.05) is 0 Å². The quantitative estimate of drug-likeness (QED) is 0.841. The molecule has 2 unspecified atom stereocenters. The summed E-state index contributed by atoms with van der Waals surface area (Å²) in [6, 6.07) is 4.07. The molecule has 0 bridgehead atoms. The molecule has 2 rings (SSSR count). The number of halogens is 4. The average Bonchev–Trinajstić information content (AvgIpc) is 2.37. The summed E-state index contributed by atoms with van der Waals surface area (Å²) in [6.07, 6.45) is -0.326. The zero-order chi connectivity index (χ0) is 14.8. The fourth-order valence-electron chi connectivity index (χ4n) is 2.56. The Hall–Kier alpha value is -0.750. The maximum absolute atomic E-state index is 12.8. The summed E-state index contributed by atoms with van der Waals surface area (Å²) >= 11 is 3.13. The third-order valence-electron chi connectivity index (χ3n) is 3.56. The van der Waals surface area contributed by atoms with E-state index in [4.69, 9.17) is 4.74 Å². The highest BCUT2D eigenvalue weighted by Gasteiger charge is 2.31. The summed E-state index contributed by atoms with van der Waals surface area (Å²) in [5, 5.41) is 3.19. The number of methoxy groups -OCH3 is 1. The molecule has 0 aliphatic heterocycles. The van der Waals surface area contributed by atoms with Gasteiger partial charge < -0.3 is 10.1 Å². The van der Waals surface area contributed by atoms with Gasteiger partial charge in [0.25, 0.3) is 0 Å². The van der Waals surface area contributed by atoms with Crippen LogP contribution in [-0.2, 0) is 10.9 Å². The van der Waals surface area contributed by atoms with Gasteiger partial charge in [-0.25, -0.2) is 0 Å². The molecule has 1 aliphatic carbocycles. The van der Waals surface area contributed by atoms with Gasteiger partial charge >= 0.3 is 6.18 Å². The molecule has 1 saturated carbocycles. The van der Waals surface area contributed by atoms with Crippen molar-refractivity contribution in [3.05, 3.63) is 28.2 Å². The standard InChI is InChI=1S/C14H17BrF3NO/c1-20-13-4-2-3-11(8-13)19-12-6-9(14(16,17)18)5-10(15)7-12/h5-7,11,13,19H,2-4,8H2,1H3. The SMILES string of the molecule is COC1CCCC(Nc2cc(Br)cc(C(F)(F)F)c2)C1. The molecule has 0 aromatic heterocycles. The van der Waals surface area contributed by atoms with Crippen LogP contribution in [0.25, 0.3) is 0 Å². The van der Waals surface area contributed by atoms with E-state index in [0.717, 1.165) is 37.8 Å². The zero-order valence-corrected chi connectivity index (χ0v) is 12.7. The molecule has 0 heterocycles. The Morgan fingerprint density at radius 2 is 2.00 bits per heavy atom. The molecule has 1 aliphatic rings. The minimum Gasteiger partial charge on any atom is -0.382 e. The minimum atomic E-state index is -4.33. The maximum Gasteiger partial charge on any atom is 0.416 e. The molecular weight excluding hydrogens is 335 g/mol. The zero-order valence-electron chi connectivity index (χ0n) is 11.1. The molecule has 112 valence electrons. The van der Waals surface area contributed by atoms with Crippen LogP contribution < -0.4 is 5.32 Å². The third-order valence-corrected chi connectivity index (χ3v) is 4.01. The number of benzene rings is 1. The monoisotopic (exact) mass is 351 g/mol. The molecule has 2 atom stereocenters. The van der Waals surface area contributed by atoms with Crippen molar-refractivity contribution in [2.75, 3.05) is 12.4 Å². The van der Waals surface area contributed by atoms with Crippen molar-refractivity contribution >= 4 is 21.6 Å². The lowest BCUT2D eigenvalue weighted by Gasteiger charge is -2.29. The van der Waals surface area contributed by atoms with Gasteiger partial charge in [-0.1, -0.05) is 15.9 Å². The van der Waals surface area contributed by atoms with Crippen LogP contribution in [0.4, 0.5) is 18.9 Å². The first-order chi connectivity index (χ1) is 9.38. The maximum atomic E-state index is 12.8. The van der Waals surface area contributed by atoms with Crippen molar-refractivity contribution < 1.29 is 17.9 Å². The number of hydrogen-bond donors (Lipinski definition) is 1. The van der Waals surface area contributed by atoms with Crippen LogP contribution in [-0.4, -0.2) is 19.3 Å². The lowest BCUT2D eigenvalue weighted by atomic mass is 9.92. The topological polar surface area (TPSA) is 21.3 Å². The first-order valence-corrected chi connectivity index (χ1v) is 7.35. The number of rotatable bonds is 3. The molecule has 0 spiro atoms. The number of hydrogen-bond acceptors (Lipinski definition) is 2. The summed E-state index contributed by atoms with van der Waals surface area (Å²) < 4.78 is 44.1. The largest absolute Gasteiger partial charge is 0.416 e. The fraction of sp³-hybridized carbons (Fsp3) is 0.571. The van der Waals surface area contributed by atoms with Crippen molar-refractivity contribution in [3.8, 4) is 0 Å². The second-order valence-electron chi connectivity index (χ2n) is 5.09. The average molecular weight is 352 g/mol. The van der Waals surface area contributed by atoms with Gasteiger partial charge in [0.05, 0.1) is 11.7 Å². The van der Waals surface area contributed by atoms with Crippen LogP contribution in [0.5, 0.6) is 0 Å². The van der Waals surface area contributed by atoms with Crippen molar-refractivity contribution in [2.45, 2.75) is 44.0 Å². The van der Waals surface area contributed by atoms with Crippen molar-refractivity contribution in [3.63, 3.8) is 0 Å². The van der Waals surface area contributed by atoms with E-state index in [-0.39, 0.29) is 12.1 Å². The van der Waals surface area contributed by atoms with E-state index in [1.54, 1.807) is 13.2 Å². The molecule has 6 heteroatoms. The molecule has 1 aromatic carbocycles. The predicted molar refractivity (Wildman–Crippen MR) is 75.8 cm³/mol. The Morgan fingerprint density at radius 3 is 2.65 bits per heavy atom.